The van der Waals surface area contributed by atoms with Gasteiger partial charge < -0.3 is 20.7 Å². The maximum absolute atomic E-state index is 12.2. The van der Waals surface area contributed by atoms with Crippen molar-refractivity contribution in [2.24, 2.45) is 11.7 Å². The molecule has 0 aliphatic carbocycles. The van der Waals surface area contributed by atoms with E-state index in [0.717, 1.165) is 24.9 Å². The summed E-state index contributed by atoms with van der Waals surface area (Å²) in [5.41, 5.74) is 8.42. The molecule has 122 valence electrons. The normalized spacial score (nSPS) is 17.5. The molecule has 3 N–H and O–H groups in total. The maximum atomic E-state index is 12.2. The highest BCUT2D eigenvalue weighted by molar-refractivity contribution is 5.81. The van der Waals surface area contributed by atoms with Crippen LogP contribution in [0.5, 0.6) is 0 Å². The smallest absolute Gasteiger partial charge is 0.237 e. The van der Waals surface area contributed by atoms with Crippen molar-refractivity contribution in [1.29, 1.82) is 0 Å². The Kier molecular flexibility index (Phi) is 6.36. The highest BCUT2D eigenvalue weighted by Gasteiger charge is 2.26. The summed E-state index contributed by atoms with van der Waals surface area (Å²) in [6.07, 6.45) is 1.74. The van der Waals surface area contributed by atoms with Crippen LogP contribution in [0.15, 0.2) is 24.3 Å². The van der Waals surface area contributed by atoms with E-state index in [1.54, 1.807) is 0 Å². The molecule has 1 unspecified atom stereocenters. The Morgan fingerprint density at radius 1 is 1.36 bits per heavy atom. The lowest BCUT2D eigenvalue weighted by molar-refractivity contribution is -0.124. The number of nitrogens with one attached hydrogen (secondary N) is 1. The number of carbonyl (C=O) groups is 1. The number of ether oxygens (including phenoxy) is 1. The summed E-state index contributed by atoms with van der Waals surface area (Å²) >= 11 is 0. The molecule has 1 fully saturated rings. The molecule has 0 bridgehead atoms. The van der Waals surface area contributed by atoms with Crippen molar-refractivity contribution < 1.29 is 9.53 Å². The SMILES string of the molecule is CN(C)Cc1cccc(CNC(=O)C(N)C2CCOCC2)c1. The minimum absolute atomic E-state index is 0.0649. The summed E-state index contributed by atoms with van der Waals surface area (Å²) in [6, 6.07) is 7.84. The van der Waals surface area contributed by atoms with E-state index in [4.69, 9.17) is 10.5 Å². The Hall–Kier alpha value is -1.43. The Balaban J connectivity index is 1.85. The molecule has 1 aliphatic heterocycles. The van der Waals surface area contributed by atoms with Crippen LogP contribution in [0.3, 0.4) is 0 Å². The number of amides is 1. The fraction of sp³-hybridized carbons (Fsp3) is 0.588. The molecule has 1 amide bonds. The van der Waals surface area contributed by atoms with Gasteiger partial charge >= 0.3 is 0 Å². The largest absolute Gasteiger partial charge is 0.381 e. The van der Waals surface area contributed by atoms with Crippen LogP contribution in [0.2, 0.25) is 0 Å². The predicted octanol–water partition coefficient (Wildman–Crippen LogP) is 1.12. The Morgan fingerprint density at radius 3 is 2.73 bits per heavy atom. The molecular weight excluding hydrogens is 278 g/mol. The van der Waals surface area contributed by atoms with Crippen LogP contribution < -0.4 is 11.1 Å². The molecular formula is C17H27N3O2. The molecule has 1 saturated heterocycles. The first-order valence-corrected chi connectivity index (χ1v) is 7.90. The van der Waals surface area contributed by atoms with Crippen LogP contribution in [0.25, 0.3) is 0 Å². The quantitative estimate of drug-likeness (QED) is 0.826. The van der Waals surface area contributed by atoms with Gasteiger partial charge in [-0.1, -0.05) is 24.3 Å². The van der Waals surface area contributed by atoms with E-state index in [-0.39, 0.29) is 11.8 Å². The number of benzene rings is 1. The fourth-order valence-corrected chi connectivity index (χ4v) is 2.80. The first-order chi connectivity index (χ1) is 10.6. The summed E-state index contributed by atoms with van der Waals surface area (Å²) in [7, 11) is 4.09. The zero-order valence-electron chi connectivity index (χ0n) is 13.5. The third-order valence-electron chi connectivity index (χ3n) is 4.03. The second kappa shape index (κ2) is 8.27. The van der Waals surface area contributed by atoms with E-state index in [0.29, 0.717) is 19.8 Å². The van der Waals surface area contributed by atoms with Gasteiger partial charge in [0.15, 0.2) is 0 Å². The second-order valence-corrected chi connectivity index (χ2v) is 6.25. The monoisotopic (exact) mass is 305 g/mol. The number of carbonyl (C=O) groups excluding carboxylic acids is 1. The lowest BCUT2D eigenvalue weighted by Gasteiger charge is -2.26. The van der Waals surface area contributed by atoms with Gasteiger partial charge in [0.25, 0.3) is 0 Å². The van der Waals surface area contributed by atoms with Gasteiger partial charge in [-0.2, -0.15) is 0 Å². The number of nitrogens with two attached hydrogens (primary N) is 1. The predicted molar refractivity (Wildman–Crippen MR) is 87.2 cm³/mol. The van der Waals surface area contributed by atoms with Gasteiger partial charge in [-0.05, 0) is 44.0 Å². The fourth-order valence-electron chi connectivity index (χ4n) is 2.80. The lowest BCUT2D eigenvalue weighted by Crippen LogP contribution is -2.46. The molecule has 5 nitrogen and oxygen atoms in total. The van der Waals surface area contributed by atoms with E-state index in [1.807, 2.05) is 26.2 Å². The van der Waals surface area contributed by atoms with Crippen molar-refractivity contribution >= 4 is 5.91 Å². The van der Waals surface area contributed by atoms with Crippen molar-refractivity contribution in [1.82, 2.24) is 10.2 Å². The number of hydrogen-bond donors (Lipinski definition) is 2. The van der Waals surface area contributed by atoms with Crippen LogP contribution in [0.1, 0.15) is 24.0 Å². The molecule has 1 atom stereocenters. The molecule has 2 rings (SSSR count). The van der Waals surface area contributed by atoms with Crippen molar-refractivity contribution in [3.8, 4) is 0 Å². The number of hydrogen-bond acceptors (Lipinski definition) is 4. The van der Waals surface area contributed by atoms with Crippen LogP contribution in [-0.2, 0) is 22.6 Å². The lowest BCUT2D eigenvalue weighted by atomic mass is 9.92. The van der Waals surface area contributed by atoms with Gasteiger partial charge in [-0.3, -0.25) is 4.79 Å². The minimum atomic E-state index is -0.436. The Morgan fingerprint density at radius 2 is 2.05 bits per heavy atom. The third kappa shape index (κ3) is 5.09. The average Bonchev–Trinajstić information content (AvgIpc) is 2.52. The molecule has 0 spiro atoms. The van der Waals surface area contributed by atoms with E-state index in [1.165, 1.54) is 5.56 Å². The standard InChI is InChI=1S/C17H27N3O2/c1-20(2)12-14-5-3-4-13(10-14)11-19-17(21)16(18)15-6-8-22-9-7-15/h3-5,10,15-16H,6-9,11-12,18H2,1-2H3,(H,19,21). The zero-order valence-corrected chi connectivity index (χ0v) is 13.5. The molecule has 1 aromatic rings. The average molecular weight is 305 g/mol. The second-order valence-electron chi connectivity index (χ2n) is 6.25. The third-order valence-corrected chi connectivity index (χ3v) is 4.03. The van der Waals surface area contributed by atoms with E-state index in [2.05, 4.69) is 22.3 Å². The first kappa shape index (κ1) is 16.9. The van der Waals surface area contributed by atoms with Crippen LogP contribution in [0, 0.1) is 5.92 Å². The molecule has 1 aliphatic rings. The molecule has 1 aromatic carbocycles. The molecule has 0 saturated carbocycles. The zero-order chi connectivity index (χ0) is 15.9. The summed E-state index contributed by atoms with van der Waals surface area (Å²) in [5.74, 6) is 0.165. The summed E-state index contributed by atoms with van der Waals surface area (Å²) in [5, 5.41) is 2.96. The van der Waals surface area contributed by atoms with E-state index >= 15 is 0 Å². The van der Waals surface area contributed by atoms with Crippen molar-refractivity contribution in [2.75, 3.05) is 27.3 Å². The molecule has 0 radical (unpaired) electrons. The van der Waals surface area contributed by atoms with Crippen LogP contribution in [-0.4, -0.2) is 44.2 Å². The van der Waals surface area contributed by atoms with Crippen LogP contribution in [0.4, 0.5) is 0 Å². The van der Waals surface area contributed by atoms with E-state index < -0.39 is 6.04 Å². The van der Waals surface area contributed by atoms with Crippen LogP contribution >= 0.6 is 0 Å². The van der Waals surface area contributed by atoms with Gasteiger partial charge in [-0.15, -0.1) is 0 Å². The van der Waals surface area contributed by atoms with Crippen molar-refractivity contribution in [2.45, 2.75) is 32.0 Å². The first-order valence-electron chi connectivity index (χ1n) is 7.90. The topological polar surface area (TPSA) is 67.6 Å². The molecule has 0 aromatic heterocycles. The summed E-state index contributed by atoms with van der Waals surface area (Å²) < 4.78 is 5.31. The van der Waals surface area contributed by atoms with Gasteiger partial charge in [0.1, 0.15) is 0 Å². The molecule has 5 heteroatoms. The summed E-state index contributed by atoms with van der Waals surface area (Å²) in [4.78, 5) is 14.3. The van der Waals surface area contributed by atoms with Crippen molar-refractivity contribution in [3.63, 3.8) is 0 Å². The highest BCUT2D eigenvalue weighted by Crippen LogP contribution is 2.17. The summed E-state index contributed by atoms with van der Waals surface area (Å²) in [6.45, 7) is 2.83. The van der Waals surface area contributed by atoms with Gasteiger partial charge in [0, 0.05) is 26.3 Å². The maximum Gasteiger partial charge on any atom is 0.237 e. The minimum Gasteiger partial charge on any atom is -0.381 e. The van der Waals surface area contributed by atoms with Gasteiger partial charge in [0.05, 0.1) is 6.04 Å². The molecule has 1 heterocycles. The van der Waals surface area contributed by atoms with Gasteiger partial charge in [-0.25, -0.2) is 0 Å². The van der Waals surface area contributed by atoms with Gasteiger partial charge in [0.2, 0.25) is 5.91 Å². The van der Waals surface area contributed by atoms with E-state index in [9.17, 15) is 4.79 Å². The Bertz CT molecular complexity index is 485. The number of nitrogens with zero attached hydrogens (tertiary/aromatic N) is 1. The Labute approximate surface area is 132 Å². The number of rotatable bonds is 6. The molecule has 22 heavy (non-hydrogen) atoms. The van der Waals surface area contributed by atoms with Crippen molar-refractivity contribution in [3.05, 3.63) is 35.4 Å². The highest BCUT2D eigenvalue weighted by atomic mass is 16.5.